The Bertz CT molecular complexity index is 1660. The number of hydrogen-bond acceptors (Lipinski definition) is 9. The quantitative estimate of drug-likeness (QED) is 0.121. The van der Waals surface area contributed by atoms with E-state index in [0.717, 1.165) is 18.5 Å². The van der Waals surface area contributed by atoms with Crippen LogP contribution in [0.5, 0.6) is 5.88 Å². The summed E-state index contributed by atoms with van der Waals surface area (Å²) in [6.45, 7) is 1.96. The minimum absolute atomic E-state index is 0.0158. The van der Waals surface area contributed by atoms with E-state index in [1.807, 2.05) is 12.1 Å². The molecule has 1 aliphatic rings. The van der Waals surface area contributed by atoms with E-state index >= 15 is 4.39 Å². The molecule has 5 rings (SSSR count). The molecule has 0 radical (unpaired) electrons. The second-order valence-electron chi connectivity index (χ2n) is 10.5. The lowest BCUT2D eigenvalue weighted by molar-refractivity contribution is -0.119. The van der Waals surface area contributed by atoms with Crippen molar-refractivity contribution >= 4 is 40.6 Å². The maximum atomic E-state index is 15.2. The number of pyridine rings is 3. The Kier molecular flexibility index (Phi) is 11.1. The highest BCUT2D eigenvalue weighted by atomic mass is 35.5. The highest BCUT2D eigenvalue weighted by Gasteiger charge is 2.21. The van der Waals surface area contributed by atoms with Crippen LogP contribution in [0.1, 0.15) is 24.0 Å². The van der Waals surface area contributed by atoms with E-state index in [4.69, 9.17) is 38.0 Å². The fourth-order valence-electron chi connectivity index (χ4n) is 5.09. The monoisotopic (exact) mass is 653 g/mol. The van der Waals surface area contributed by atoms with Gasteiger partial charge in [-0.15, -0.1) is 0 Å². The molecule has 1 fully saturated rings. The predicted molar refractivity (Wildman–Crippen MR) is 173 cm³/mol. The van der Waals surface area contributed by atoms with Gasteiger partial charge in [-0.25, -0.2) is 14.4 Å². The number of nitrogens with one attached hydrogen (secondary N) is 4. The summed E-state index contributed by atoms with van der Waals surface area (Å²) < 4.78 is 20.8. The van der Waals surface area contributed by atoms with Crippen molar-refractivity contribution in [1.29, 1.82) is 0 Å². The number of anilines is 2. The first-order chi connectivity index (χ1) is 21.9. The number of ether oxygens (including phenoxy) is 1. The van der Waals surface area contributed by atoms with Crippen molar-refractivity contribution in [2.45, 2.75) is 31.8 Å². The number of hydrogen-bond donors (Lipinski definition) is 5. The Labute approximate surface area is 270 Å². The molecule has 236 valence electrons. The largest absolute Gasteiger partial charge is 0.481 e. The summed E-state index contributed by atoms with van der Waals surface area (Å²) >= 11 is 13.7. The van der Waals surface area contributed by atoms with Gasteiger partial charge in [0.25, 0.3) is 0 Å². The van der Waals surface area contributed by atoms with Crippen molar-refractivity contribution in [3.05, 3.63) is 81.8 Å². The van der Waals surface area contributed by atoms with Gasteiger partial charge in [-0.05, 0) is 43.7 Å². The van der Waals surface area contributed by atoms with E-state index in [1.165, 1.54) is 6.20 Å². The van der Waals surface area contributed by atoms with Gasteiger partial charge in [0, 0.05) is 66.7 Å². The summed E-state index contributed by atoms with van der Waals surface area (Å²) in [7, 11) is 1.58. The van der Waals surface area contributed by atoms with E-state index in [1.54, 1.807) is 43.6 Å². The SMILES string of the molecule is COc1nc(-c2ccnc(-c3cccc(Nc4nccc(CNCCO)c4F)c3Cl)c2Cl)ccc1CCNCC1CCC(=O)N1. The summed E-state index contributed by atoms with van der Waals surface area (Å²) in [5.41, 5.74) is 3.99. The van der Waals surface area contributed by atoms with Crippen LogP contribution in [0.3, 0.4) is 0 Å². The van der Waals surface area contributed by atoms with E-state index in [2.05, 4.69) is 31.2 Å². The lowest BCUT2D eigenvalue weighted by atomic mass is 10.0. The Morgan fingerprint density at radius 3 is 2.64 bits per heavy atom. The molecule has 1 atom stereocenters. The maximum absolute atomic E-state index is 15.2. The van der Waals surface area contributed by atoms with Crippen molar-refractivity contribution in [1.82, 2.24) is 30.9 Å². The number of benzene rings is 1. The molecule has 1 amide bonds. The van der Waals surface area contributed by atoms with Crippen LogP contribution in [-0.4, -0.2) is 65.4 Å². The minimum atomic E-state index is -0.524. The van der Waals surface area contributed by atoms with Gasteiger partial charge < -0.3 is 31.1 Å². The molecular formula is C32H34Cl2FN7O3. The van der Waals surface area contributed by atoms with Crippen LogP contribution < -0.4 is 26.0 Å². The van der Waals surface area contributed by atoms with Gasteiger partial charge >= 0.3 is 0 Å². The van der Waals surface area contributed by atoms with Gasteiger partial charge in [0.05, 0.1) is 40.8 Å². The van der Waals surface area contributed by atoms with Crippen molar-refractivity contribution in [2.75, 3.05) is 38.7 Å². The Balaban J connectivity index is 1.34. The molecule has 5 N–H and O–H groups in total. The fraction of sp³-hybridized carbons (Fsp3) is 0.312. The normalized spacial score (nSPS) is 14.4. The summed E-state index contributed by atoms with van der Waals surface area (Å²) in [5.74, 6) is 0.0856. The van der Waals surface area contributed by atoms with Crippen LogP contribution in [-0.2, 0) is 17.8 Å². The zero-order valence-electron chi connectivity index (χ0n) is 24.7. The van der Waals surface area contributed by atoms with Crippen LogP contribution in [0, 0.1) is 5.82 Å². The van der Waals surface area contributed by atoms with Gasteiger partial charge in [-0.1, -0.05) is 41.4 Å². The zero-order chi connectivity index (χ0) is 31.8. The third-order valence-corrected chi connectivity index (χ3v) is 8.21. The molecule has 13 heteroatoms. The van der Waals surface area contributed by atoms with Crippen LogP contribution >= 0.6 is 23.2 Å². The third-order valence-electron chi connectivity index (χ3n) is 7.42. The summed E-state index contributed by atoms with van der Waals surface area (Å²) in [6.07, 6.45) is 5.25. The molecule has 1 aliphatic heterocycles. The van der Waals surface area contributed by atoms with Gasteiger partial charge in [0.2, 0.25) is 11.8 Å². The molecule has 4 heterocycles. The number of aromatic nitrogens is 3. The zero-order valence-corrected chi connectivity index (χ0v) is 26.2. The molecule has 1 aromatic carbocycles. The number of rotatable bonds is 14. The third kappa shape index (κ3) is 7.86. The summed E-state index contributed by atoms with van der Waals surface area (Å²) in [6, 6.07) is 12.6. The van der Waals surface area contributed by atoms with Crippen LogP contribution in [0.2, 0.25) is 10.0 Å². The standard InChI is InChI=1S/C32H34Cl2FN7O3/c1-45-32-19(9-12-36-18-21-6-8-26(44)40-21)5-7-24(42-32)22-11-14-38-30(28(22)34)23-3-2-4-25(27(23)33)41-31-29(35)20(10-13-39-31)17-37-15-16-43/h2-5,7,10-11,13-14,21,36-37,43H,6,8-9,12,15-18H2,1H3,(H,39,41)(H,40,44). The van der Waals surface area contributed by atoms with E-state index in [9.17, 15) is 4.79 Å². The summed E-state index contributed by atoms with van der Waals surface area (Å²) in [5, 5.41) is 21.9. The first-order valence-electron chi connectivity index (χ1n) is 14.6. The average Bonchev–Trinajstić information content (AvgIpc) is 3.47. The number of amides is 1. The van der Waals surface area contributed by atoms with Crippen molar-refractivity contribution in [2.24, 2.45) is 0 Å². The fourth-order valence-corrected chi connectivity index (χ4v) is 5.67. The van der Waals surface area contributed by atoms with E-state index in [0.29, 0.717) is 75.6 Å². The molecule has 10 nitrogen and oxygen atoms in total. The molecule has 4 aromatic rings. The molecular weight excluding hydrogens is 620 g/mol. The molecule has 1 unspecified atom stereocenters. The Hall–Kier alpha value is -3.87. The van der Waals surface area contributed by atoms with Gasteiger partial charge in [0.15, 0.2) is 11.6 Å². The predicted octanol–water partition coefficient (Wildman–Crippen LogP) is 4.90. The highest BCUT2D eigenvalue weighted by molar-refractivity contribution is 6.39. The van der Waals surface area contributed by atoms with E-state index < -0.39 is 5.82 Å². The molecule has 45 heavy (non-hydrogen) atoms. The van der Waals surface area contributed by atoms with Gasteiger partial charge in [-0.2, -0.15) is 0 Å². The Morgan fingerprint density at radius 2 is 1.87 bits per heavy atom. The molecule has 0 saturated carbocycles. The average molecular weight is 655 g/mol. The van der Waals surface area contributed by atoms with Crippen LogP contribution in [0.25, 0.3) is 22.5 Å². The second kappa shape index (κ2) is 15.4. The number of aliphatic hydroxyl groups excluding tert-OH is 1. The van der Waals surface area contributed by atoms with Crippen LogP contribution in [0.4, 0.5) is 15.9 Å². The van der Waals surface area contributed by atoms with Crippen LogP contribution in [0.15, 0.2) is 54.9 Å². The molecule has 0 aliphatic carbocycles. The minimum Gasteiger partial charge on any atom is -0.481 e. The smallest absolute Gasteiger partial charge is 0.220 e. The first kappa shape index (κ1) is 32.5. The number of halogens is 3. The summed E-state index contributed by atoms with van der Waals surface area (Å²) in [4.78, 5) is 24.8. The number of aliphatic hydroxyl groups is 1. The van der Waals surface area contributed by atoms with Crippen molar-refractivity contribution in [3.63, 3.8) is 0 Å². The highest BCUT2D eigenvalue weighted by Crippen LogP contribution is 2.40. The molecule has 1 saturated heterocycles. The molecule has 0 bridgehead atoms. The maximum Gasteiger partial charge on any atom is 0.220 e. The van der Waals surface area contributed by atoms with Gasteiger partial charge in [-0.3, -0.25) is 9.78 Å². The lowest BCUT2D eigenvalue weighted by Crippen LogP contribution is -2.36. The number of carbonyl (C=O) groups is 1. The molecule has 0 spiro atoms. The number of nitrogens with zero attached hydrogens (tertiary/aromatic N) is 3. The molecule has 3 aromatic heterocycles. The van der Waals surface area contributed by atoms with Crippen molar-refractivity contribution < 1.29 is 19.0 Å². The van der Waals surface area contributed by atoms with E-state index in [-0.39, 0.29) is 30.9 Å². The van der Waals surface area contributed by atoms with Crippen molar-refractivity contribution in [3.8, 4) is 28.4 Å². The topological polar surface area (TPSA) is 133 Å². The number of carbonyl (C=O) groups excluding carboxylic acids is 1. The lowest BCUT2D eigenvalue weighted by Gasteiger charge is -2.15. The Morgan fingerprint density at radius 1 is 1.02 bits per heavy atom. The first-order valence-corrected chi connectivity index (χ1v) is 15.3. The number of methoxy groups -OCH3 is 1. The second-order valence-corrected chi connectivity index (χ2v) is 11.2. The van der Waals surface area contributed by atoms with Gasteiger partial charge in [0.1, 0.15) is 0 Å².